The first-order valence-corrected chi connectivity index (χ1v) is 6.19. The van der Waals surface area contributed by atoms with Crippen LogP contribution < -0.4 is 4.72 Å². The smallest absolute Gasteiger partial charge is 0.273 e. The molecule has 1 heterocycles. The van der Waals surface area contributed by atoms with Gasteiger partial charge in [0.1, 0.15) is 0 Å². The Morgan fingerprint density at radius 3 is 2.50 bits per heavy atom. The molecule has 1 N–H and O–H groups in total. The number of rotatable bonds is 2. The molecule has 0 spiro atoms. The molecule has 0 aliphatic carbocycles. The molecule has 0 unspecified atom stereocenters. The standard InChI is InChI=1S/C6H3BrClF3N2O2S/c7-3-1-4(5(8)12-2-3)13-16(14,15)6(9,10)11/h1-2,13H. The largest absolute Gasteiger partial charge is 0.516 e. The third-order valence-electron chi connectivity index (χ3n) is 1.35. The van der Waals surface area contributed by atoms with Crippen molar-refractivity contribution in [2.75, 3.05) is 4.72 Å². The second-order valence-electron chi connectivity index (χ2n) is 2.54. The molecule has 16 heavy (non-hydrogen) atoms. The maximum Gasteiger partial charge on any atom is 0.516 e. The molecule has 0 aliphatic heterocycles. The number of pyridine rings is 1. The van der Waals surface area contributed by atoms with Crippen LogP contribution >= 0.6 is 27.5 Å². The lowest BCUT2D eigenvalue weighted by Gasteiger charge is -2.11. The molecule has 4 nitrogen and oxygen atoms in total. The van der Waals surface area contributed by atoms with Crippen LogP contribution in [0.3, 0.4) is 0 Å². The summed E-state index contributed by atoms with van der Waals surface area (Å²) in [5.41, 5.74) is -5.85. The van der Waals surface area contributed by atoms with Crippen LogP contribution in [0.15, 0.2) is 16.7 Å². The van der Waals surface area contributed by atoms with E-state index >= 15 is 0 Å². The Hall–Kier alpha value is -0.540. The molecule has 0 radical (unpaired) electrons. The molecule has 0 amide bonds. The van der Waals surface area contributed by atoms with E-state index in [2.05, 4.69) is 20.9 Å². The number of hydrogen-bond donors (Lipinski definition) is 1. The fourth-order valence-corrected chi connectivity index (χ4v) is 1.80. The topological polar surface area (TPSA) is 59.1 Å². The zero-order chi connectivity index (χ0) is 12.6. The minimum Gasteiger partial charge on any atom is -0.273 e. The van der Waals surface area contributed by atoms with Gasteiger partial charge in [-0.2, -0.15) is 21.6 Å². The van der Waals surface area contributed by atoms with Crippen molar-refractivity contribution < 1.29 is 21.6 Å². The first kappa shape index (κ1) is 13.5. The first-order chi connectivity index (χ1) is 7.13. The van der Waals surface area contributed by atoms with Gasteiger partial charge >= 0.3 is 15.5 Å². The van der Waals surface area contributed by atoms with Gasteiger partial charge in [-0.05, 0) is 22.0 Å². The van der Waals surface area contributed by atoms with Crippen molar-refractivity contribution in [3.8, 4) is 0 Å². The lowest BCUT2D eigenvalue weighted by atomic mass is 10.4. The van der Waals surface area contributed by atoms with E-state index in [0.717, 1.165) is 6.07 Å². The number of aromatic nitrogens is 1. The Balaban J connectivity index is 3.11. The van der Waals surface area contributed by atoms with Gasteiger partial charge in [-0.25, -0.2) is 4.98 Å². The van der Waals surface area contributed by atoms with Crippen molar-refractivity contribution in [1.29, 1.82) is 0 Å². The van der Waals surface area contributed by atoms with E-state index in [4.69, 9.17) is 11.6 Å². The summed E-state index contributed by atoms with van der Waals surface area (Å²) in [7, 11) is -5.49. The van der Waals surface area contributed by atoms with E-state index < -0.39 is 21.2 Å². The van der Waals surface area contributed by atoms with Crippen LogP contribution in [-0.2, 0) is 10.0 Å². The van der Waals surface area contributed by atoms with Gasteiger partial charge in [-0.3, -0.25) is 4.72 Å². The molecule has 0 fully saturated rings. The van der Waals surface area contributed by atoms with Gasteiger partial charge < -0.3 is 0 Å². The predicted molar refractivity (Wildman–Crippen MR) is 55.5 cm³/mol. The molecule has 1 aromatic heterocycles. The molecule has 0 atom stereocenters. The Morgan fingerprint density at radius 1 is 1.44 bits per heavy atom. The number of nitrogens with one attached hydrogen (secondary N) is 1. The normalized spacial score (nSPS) is 12.6. The monoisotopic (exact) mass is 338 g/mol. The van der Waals surface area contributed by atoms with Gasteiger partial charge in [0.05, 0.1) is 5.69 Å². The summed E-state index contributed by atoms with van der Waals surface area (Å²) in [6, 6.07) is 1.07. The second-order valence-corrected chi connectivity index (χ2v) is 5.49. The van der Waals surface area contributed by atoms with Crippen LogP contribution in [-0.4, -0.2) is 18.9 Å². The molecule has 0 saturated heterocycles. The van der Waals surface area contributed by atoms with Crippen LogP contribution in [0.1, 0.15) is 0 Å². The lowest BCUT2D eigenvalue weighted by Crippen LogP contribution is -2.30. The highest BCUT2D eigenvalue weighted by Crippen LogP contribution is 2.29. The van der Waals surface area contributed by atoms with E-state index in [1.165, 1.54) is 10.9 Å². The SMILES string of the molecule is O=S(=O)(Nc1cc(Br)cnc1Cl)C(F)(F)F. The van der Waals surface area contributed by atoms with E-state index in [1.807, 2.05) is 0 Å². The molecule has 0 aliphatic rings. The molecule has 10 heteroatoms. The van der Waals surface area contributed by atoms with Crippen molar-refractivity contribution in [2.24, 2.45) is 0 Å². The molecule has 0 aromatic carbocycles. The molecule has 0 bridgehead atoms. The van der Waals surface area contributed by atoms with Gasteiger partial charge in [-0.15, -0.1) is 0 Å². The average molecular weight is 340 g/mol. The Morgan fingerprint density at radius 2 is 2.00 bits per heavy atom. The highest BCUT2D eigenvalue weighted by molar-refractivity contribution is 9.10. The Bertz CT molecular complexity index is 505. The molecule has 1 rings (SSSR count). The molecular weight excluding hydrogens is 336 g/mol. The number of alkyl halides is 3. The highest BCUT2D eigenvalue weighted by atomic mass is 79.9. The van der Waals surface area contributed by atoms with Crippen molar-refractivity contribution in [3.63, 3.8) is 0 Å². The number of hydrogen-bond acceptors (Lipinski definition) is 3. The minimum atomic E-state index is -5.49. The minimum absolute atomic E-state index is 0.289. The highest BCUT2D eigenvalue weighted by Gasteiger charge is 2.46. The van der Waals surface area contributed by atoms with E-state index in [0.29, 0.717) is 0 Å². The zero-order valence-corrected chi connectivity index (χ0v) is 10.4. The van der Waals surface area contributed by atoms with Crippen LogP contribution in [0.5, 0.6) is 0 Å². The Kier molecular flexibility index (Phi) is 3.70. The van der Waals surface area contributed by atoms with Crippen LogP contribution in [0, 0.1) is 0 Å². The summed E-state index contributed by atoms with van der Waals surface area (Å²) < 4.78 is 59.2. The van der Waals surface area contributed by atoms with Crippen molar-refractivity contribution >= 4 is 43.2 Å². The maximum atomic E-state index is 12.0. The van der Waals surface area contributed by atoms with Crippen molar-refractivity contribution in [2.45, 2.75) is 5.51 Å². The van der Waals surface area contributed by atoms with Crippen molar-refractivity contribution in [1.82, 2.24) is 4.98 Å². The summed E-state index contributed by atoms with van der Waals surface area (Å²) in [6.45, 7) is 0. The first-order valence-electron chi connectivity index (χ1n) is 3.53. The number of sulfonamides is 1. The molecule has 1 aromatic rings. The lowest BCUT2D eigenvalue weighted by molar-refractivity contribution is -0.0429. The summed E-state index contributed by atoms with van der Waals surface area (Å²) in [6.07, 6.45) is 1.22. The van der Waals surface area contributed by atoms with Gasteiger partial charge in [-0.1, -0.05) is 11.6 Å². The molecular formula is C6H3BrClF3N2O2S. The third-order valence-corrected chi connectivity index (χ3v) is 3.19. The Labute approximate surface area is 102 Å². The molecule has 90 valence electrons. The molecule has 0 saturated carbocycles. The predicted octanol–water partition coefficient (Wildman–Crippen LogP) is 2.76. The van der Waals surface area contributed by atoms with E-state index in [1.54, 1.807) is 0 Å². The number of halogens is 5. The van der Waals surface area contributed by atoms with Gasteiger partial charge in [0.15, 0.2) is 5.15 Å². The fourth-order valence-electron chi connectivity index (χ4n) is 0.697. The number of nitrogens with zero attached hydrogens (tertiary/aromatic N) is 1. The average Bonchev–Trinajstić information content (AvgIpc) is 2.09. The van der Waals surface area contributed by atoms with Gasteiger partial charge in [0, 0.05) is 10.7 Å². The summed E-state index contributed by atoms with van der Waals surface area (Å²) in [4.78, 5) is 3.47. The second kappa shape index (κ2) is 4.38. The van der Waals surface area contributed by atoms with Gasteiger partial charge in [0.2, 0.25) is 0 Å². The van der Waals surface area contributed by atoms with Crippen LogP contribution in [0.2, 0.25) is 5.15 Å². The van der Waals surface area contributed by atoms with Crippen LogP contribution in [0.25, 0.3) is 0 Å². The fraction of sp³-hybridized carbons (Fsp3) is 0.167. The zero-order valence-electron chi connectivity index (χ0n) is 7.22. The van der Waals surface area contributed by atoms with E-state index in [9.17, 15) is 21.6 Å². The quantitative estimate of drug-likeness (QED) is 0.843. The maximum absolute atomic E-state index is 12.0. The van der Waals surface area contributed by atoms with Gasteiger partial charge in [0.25, 0.3) is 0 Å². The summed E-state index contributed by atoms with van der Waals surface area (Å²) >= 11 is 8.34. The number of anilines is 1. The third kappa shape index (κ3) is 2.98. The summed E-state index contributed by atoms with van der Waals surface area (Å²) in [5, 5.41) is -0.379. The summed E-state index contributed by atoms with van der Waals surface area (Å²) in [5.74, 6) is 0. The van der Waals surface area contributed by atoms with Crippen molar-refractivity contribution in [3.05, 3.63) is 21.9 Å². The van der Waals surface area contributed by atoms with E-state index in [-0.39, 0.29) is 9.63 Å². The van der Waals surface area contributed by atoms with Crippen LogP contribution in [0.4, 0.5) is 18.9 Å².